The topological polar surface area (TPSA) is 47.3 Å². The average molecular weight is 192 g/mol. The van der Waals surface area contributed by atoms with E-state index >= 15 is 0 Å². The number of nitrogens with two attached hydrogens (primary N) is 1. The van der Waals surface area contributed by atoms with Gasteiger partial charge in [-0.05, 0) is 19.0 Å². The van der Waals surface area contributed by atoms with Gasteiger partial charge in [0.1, 0.15) is 20.2 Å². The highest BCUT2D eigenvalue weighted by molar-refractivity contribution is 6.34. The van der Waals surface area contributed by atoms with E-state index < -0.39 is 0 Å². The summed E-state index contributed by atoms with van der Waals surface area (Å²) in [5.74, 6) is 0. The summed E-state index contributed by atoms with van der Waals surface area (Å²) in [6.07, 6.45) is 2.60. The van der Waals surface area contributed by atoms with Crippen molar-refractivity contribution in [1.29, 1.82) is 0 Å². The molecule has 0 unspecified atom stereocenters. The first-order valence-electron chi connectivity index (χ1n) is 4.31. The Morgan fingerprint density at radius 1 is 1.36 bits per heavy atom. The van der Waals surface area contributed by atoms with E-state index in [1.165, 1.54) is 18.9 Å². The molecular formula is C6H20N2OSi2. The van der Waals surface area contributed by atoms with Crippen molar-refractivity contribution in [2.75, 3.05) is 19.6 Å². The van der Waals surface area contributed by atoms with Crippen LogP contribution in [0.25, 0.3) is 0 Å². The fourth-order valence-electron chi connectivity index (χ4n) is 0.900. The summed E-state index contributed by atoms with van der Waals surface area (Å²) in [7, 11) is 0.830. The van der Waals surface area contributed by atoms with Crippen LogP contribution in [-0.4, -0.2) is 39.9 Å². The maximum Gasteiger partial charge on any atom is 0.145 e. The first-order chi connectivity index (χ1) is 5.41. The molecule has 3 nitrogen and oxygen atoms in total. The highest BCUT2D eigenvalue weighted by atomic mass is 28.3. The number of nitrogens with one attached hydrogen (secondary N) is 1. The zero-order valence-electron chi connectivity index (χ0n) is 7.44. The zero-order valence-corrected chi connectivity index (χ0v) is 10.8. The number of unbranched alkanes of at least 4 members (excludes halogenated alkanes) is 1. The lowest BCUT2D eigenvalue weighted by atomic mass is 10.3. The van der Waals surface area contributed by atoms with E-state index in [0.29, 0.717) is 0 Å². The third kappa shape index (κ3) is 10.3. The number of rotatable bonds is 8. The highest BCUT2D eigenvalue weighted by Crippen LogP contribution is 1.92. The van der Waals surface area contributed by atoms with Crippen LogP contribution in [0.4, 0.5) is 0 Å². The molecule has 0 saturated heterocycles. The molecule has 0 amide bonds. The van der Waals surface area contributed by atoms with Gasteiger partial charge in [0.25, 0.3) is 0 Å². The minimum Gasteiger partial charge on any atom is -0.468 e. The van der Waals surface area contributed by atoms with E-state index in [-0.39, 0.29) is 9.76 Å². The molecule has 0 fully saturated rings. The summed E-state index contributed by atoms with van der Waals surface area (Å²) >= 11 is 0. The van der Waals surface area contributed by atoms with Gasteiger partial charge in [0.05, 0.1) is 0 Å². The van der Waals surface area contributed by atoms with Gasteiger partial charge >= 0.3 is 0 Å². The summed E-state index contributed by atoms with van der Waals surface area (Å²) in [6, 6.07) is 1.34. The molecule has 0 aromatic carbocycles. The predicted octanol–water partition coefficient (Wildman–Crippen LogP) is -1.89. The summed E-state index contributed by atoms with van der Waals surface area (Å²) in [6.45, 7) is 2.82. The Labute approximate surface area is 74.6 Å². The lowest BCUT2D eigenvalue weighted by molar-refractivity contribution is 0.622. The van der Waals surface area contributed by atoms with Gasteiger partial charge in [-0.25, -0.2) is 0 Å². The Kier molecular flexibility index (Phi) is 10.6. The minimum atomic E-state index is -0.109. The van der Waals surface area contributed by atoms with Crippen LogP contribution in [0.5, 0.6) is 0 Å². The van der Waals surface area contributed by atoms with Crippen LogP contribution in [0.1, 0.15) is 12.8 Å². The molecule has 0 aliphatic carbocycles. The molecule has 3 N–H and O–H groups in total. The Bertz CT molecular complexity index is 67.6. The SMILES string of the molecule is NCCNCCCC[SiH2]O[SiH3]. The quantitative estimate of drug-likeness (QED) is 0.349. The molecule has 0 bridgehead atoms. The first-order valence-corrected chi connectivity index (χ1v) is 6.71. The van der Waals surface area contributed by atoms with Gasteiger partial charge in [0.15, 0.2) is 0 Å². The number of hydrogen-bond donors (Lipinski definition) is 2. The molecule has 5 heteroatoms. The molecule has 0 spiro atoms. The van der Waals surface area contributed by atoms with Gasteiger partial charge in [-0.1, -0.05) is 6.42 Å². The third-order valence-corrected chi connectivity index (χ3v) is 3.94. The number of hydrogen-bond acceptors (Lipinski definition) is 3. The molecule has 0 saturated carbocycles. The van der Waals surface area contributed by atoms with Crippen LogP contribution in [0.2, 0.25) is 6.04 Å². The first kappa shape index (κ1) is 11.3. The van der Waals surface area contributed by atoms with Crippen molar-refractivity contribution in [2.45, 2.75) is 18.9 Å². The average Bonchev–Trinajstić information content (AvgIpc) is 2.03. The smallest absolute Gasteiger partial charge is 0.145 e. The Morgan fingerprint density at radius 3 is 2.82 bits per heavy atom. The van der Waals surface area contributed by atoms with Crippen LogP contribution in [0.3, 0.4) is 0 Å². The van der Waals surface area contributed by atoms with Gasteiger partial charge in [0.2, 0.25) is 0 Å². The maximum absolute atomic E-state index is 5.32. The molecule has 0 aromatic rings. The summed E-state index contributed by atoms with van der Waals surface area (Å²) < 4.78 is 5.21. The maximum atomic E-state index is 5.32. The van der Waals surface area contributed by atoms with E-state index in [9.17, 15) is 0 Å². The second-order valence-corrected chi connectivity index (χ2v) is 6.02. The van der Waals surface area contributed by atoms with Crippen molar-refractivity contribution in [3.63, 3.8) is 0 Å². The van der Waals surface area contributed by atoms with E-state index in [0.717, 1.165) is 30.1 Å². The van der Waals surface area contributed by atoms with E-state index in [2.05, 4.69) is 5.32 Å². The lowest BCUT2D eigenvalue weighted by Gasteiger charge is -2.01. The Morgan fingerprint density at radius 2 is 2.18 bits per heavy atom. The second kappa shape index (κ2) is 10.3. The van der Waals surface area contributed by atoms with E-state index in [4.69, 9.17) is 9.85 Å². The van der Waals surface area contributed by atoms with Crippen molar-refractivity contribution in [1.82, 2.24) is 5.32 Å². The standard InChI is InChI=1S/C6H20N2OSi2/c7-3-5-8-4-1-2-6-11-9-10/h8H,1-7,11H2,10H3. The lowest BCUT2D eigenvalue weighted by Crippen LogP contribution is -2.23. The monoisotopic (exact) mass is 192 g/mol. The summed E-state index contributed by atoms with van der Waals surface area (Å²) in [4.78, 5) is 0. The van der Waals surface area contributed by atoms with Crippen molar-refractivity contribution in [3.8, 4) is 0 Å². The molecule has 0 aliphatic heterocycles. The largest absolute Gasteiger partial charge is 0.468 e. The molecule has 11 heavy (non-hydrogen) atoms. The molecule has 0 aliphatic rings. The molecule has 0 aromatic heterocycles. The molecule has 0 radical (unpaired) electrons. The third-order valence-electron chi connectivity index (χ3n) is 1.52. The Hall–Kier alpha value is 0.314. The molecule has 0 heterocycles. The van der Waals surface area contributed by atoms with Crippen LogP contribution >= 0.6 is 0 Å². The van der Waals surface area contributed by atoms with Crippen molar-refractivity contribution < 1.29 is 4.12 Å². The fourth-order valence-corrected chi connectivity index (χ4v) is 2.61. The van der Waals surface area contributed by atoms with Crippen molar-refractivity contribution >= 4 is 20.2 Å². The van der Waals surface area contributed by atoms with Crippen LogP contribution in [-0.2, 0) is 4.12 Å². The van der Waals surface area contributed by atoms with Gasteiger partial charge in [0, 0.05) is 13.1 Å². The minimum absolute atomic E-state index is 0.109. The van der Waals surface area contributed by atoms with Crippen molar-refractivity contribution in [2.24, 2.45) is 5.73 Å². The van der Waals surface area contributed by atoms with Gasteiger partial charge in [-0.2, -0.15) is 0 Å². The molecule has 68 valence electrons. The van der Waals surface area contributed by atoms with E-state index in [1.54, 1.807) is 0 Å². The van der Waals surface area contributed by atoms with Crippen molar-refractivity contribution in [3.05, 3.63) is 0 Å². The van der Waals surface area contributed by atoms with Gasteiger partial charge in [-0.15, -0.1) is 0 Å². The van der Waals surface area contributed by atoms with E-state index in [1.807, 2.05) is 0 Å². The zero-order chi connectivity index (χ0) is 8.36. The predicted molar refractivity (Wildman–Crippen MR) is 55.5 cm³/mol. The second-order valence-electron chi connectivity index (χ2n) is 2.59. The molecule has 0 rings (SSSR count). The summed E-state index contributed by atoms with van der Waals surface area (Å²) in [5, 5.41) is 3.27. The van der Waals surface area contributed by atoms with Crippen LogP contribution in [0, 0.1) is 0 Å². The normalized spacial score (nSPS) is 11.7. The Balaban J connectivity index is 2.69. The fraction of sp³-hybridized carbons (Fsp3) is 1.00. The van der Waals surface area contributed by atoms with Gasteiger partial charge in [-0.3, -0.25) is 0 Å². The molecule has 0 atom stereocenters. The highest BCUT2D eigenvalue weighted by Gasteiger charge is 1.88. The van der Waals surface area contributed by atoms with Gasteiger partial charge < -0.3 is 15.2 Å². The van der Waals surface area contributed by atoms with Crippen LogP contribution in [0.15, 0.2) is 0 Å². The van der Waals surface area contributed by atoms with Crippen LogP contribution < -0.4 is 11.1 Å². The molecular weight excluding hydrogens is 172 g/mol. The summed E-state index contributed by atoms with van der Waals surface area (Å²) in [5.41, 5.74) is 5.32.